The van der Waals surface area contributed by atoms with Gasteiger partial charge < -0.3 is 19.5 Å². The number of halogens is 3. The minimum absolute atomic E-state index is 0.282. The first-order valence-corrected chi connectivity index (χ1v) is 11.8. The maximum absolute atomic E-state index is 12.5. The minimum Gasteiger partial charge on any atom is -0.478 e. The fourth-order valence-electron chi connectivity index (χ4n) is 3.52. The number of nitrogens with zero attached hydrogens (tertiary/aromatic N) is 3. The van der Waals surface area contributed by atoms with Crippen molar-refractivity contribution < 1.29 is 32.5 Å². The van der Waals surface area contributed by atoms with Crippen molar-refractivity contribution in [1.82, 2.24) is 9.97 Å². The largest absolute Gasteiger partial charge is 0.573 e. The molecule has 0 unspecified atom stereocenters. The number of carboxylic acid groups (broad SMARTS) is 1. The van der Waals surface area contributed by atoms with Gasteiger partial charge in [-0.3, -0.25) is 0 Å². The molecule has 7 nitrogen and oxygen atoms in total. The second-order valence-corrected chi connectivity index (χ2v) is 9.13. The van der Waals surface area contributed by atoms with Gasteiger partial charge >= 0.3 is 12.3 Å². The summed E-state index contributed by atoms with van der Waals surface area (Å²) in [7, 11) is 0. The molecule has 0 aliphatic heterocycles. The predicted octanol–water partition coefficient (Wildman–Crippen LogP) is 5.74. The zero-order valence-electron chi connectivity index (χ0n) is 21.2. The number of anilines is 1. The Morgan fingerprint density at radius 3 is 2.14 bits per heavy atom. The maximum Gasteiger partial charge on any atom is 0.573 e. The van der Waals surface area contributed by atoms with E-state index >= 15 is 0 Å². The number of rotatable bonds is 11. The molecule has 0 saturated carbocycles. The molecule has 0 amide bonds. The number of carbonyl (C=O) groups is 1. The minimum atomic E-state index is -4.75. The molecule has 0 aliphatic carbocycles. The van der Waals surface area contributed by atoms with Crippen molar-refractivity contribution in [2.45, 2.75) is 59.0 Å². The summed E-state index contributed by atoms with van der Waals surface area (Å²) in [6.07, 6.45) is 0.196. The molecular weight excluding hydrogens is 487 g/mol. The van der Waals surface area contributed by atoms with Crippen molar-refractivity contribution in [3.8, 4) is 11.5 Å². The van der Waals surface area contributed by atoms with E-state index in [9.17, 15) is 23.1 Å². The number of hydrogen-bond donors (Lipinski definition) is 1. The van der Waals surface area contributed by atoms with E-state index in [4.69, 9.17) is 4.74 Å². The van der Waals surface area contributed by atoms with Crippen molar-refractivity contribution in [2.75, 3.05) is 11.4 Å². The fourth-order valence-corrected chi connectivity index (χ4v) is 3.52. The Morgan fingerprint density at radius 1 is 0.973 bits per heavy atom. The molecule has 0 atom stereocenters. The van der Waals surface area contributed by atoms with E-state index in [1.54, 1.807) is 30.6 Å². The zero-order valence-corrected chi connectivity index (χ0v) is 21.2. The van der Waals surface area contributed by atoms with Gasteiger partial charge in [0.2, 0.25) is 5.95 Å². The van der Waals surface area contributed by atoms with Crippen molar-refractivity contribution in [3.63, 3.8) is 0 Å². The molecule has 37 heavy (non-hydrogen) atoms. The van der Waals surface area contributed by atoms with Crippen LogP contribution in [0.5, 0.6) is 11.5 Å². The summed E-state index contributed by atoms with van der Waals surface area (Å²) in [5.74, 6) is -0.339. The molecule has 3 aromatic rings. The van der Waals surface area contributed by atoms with Crippen molar-refractivity contribution in [3.05, 3.63) is 77.1 Å². The quantitative estimate of drug-likeness (QED) is 0.347. The normalized spacial score (nSPS) is 11.8. The summed E-state index contributed by atoms with van der Waals surface area (Å²) in [6, 6.07) is 11.3. The third kappa shape index (κ3) is 8.09. The van der Waals surface area contributed by atoms with Gasteiger partial charge in [0.05, 0.1) is 0 Å². The fraction of sp³-hybridized carbons (Fsp3) is 0.370. The van der Waals surface area contributed by atoms with Crippen LogP contribution in [0.15, 0.2) is 54.9 Å². The van der Waals surface area contributed by atoms with Gasteiger partial charge in [-0.05, 0) is 74.1 Å². The lowest BCUT2D eigenvalue weighted by molar-refractivity contribution is -0.274. The number of aromatic nitrogens is 2. The van der Waals surface area contributed by atoms with Gasteiger partial charge in [0.15, 0.2) is 5.60 Å². The molecule has 0 saturated heterocycles. The van der Waals surface area contributed by atoms with Gasteiger partial charge in [-0.1, -0.05) is 31.2 Å². The maximum atomic E-state index is 12.5. The highest BCUT2D eigenvalue weighted by Crippen LogP contribution is 2.26. The van der Waals surface area contributed by atoms with Crippen LogP contribution in [0.3, 0.4) is 0 Å². The Bertz CT molecular complexity index is 1200. The van der Waals surface area contributed by atoms with E-state index in [-0.39, 0.29) is 5.75 Å². The lowest BCUT2D eigenvalue weighted by atomic mass is 10.1. The van der Waals surface area contributed by atoms with E-state index in [0.717, 1.165) is 28.7 Å². The van der Waals surface area contributed by atoms with Crippen LogP contribution in [-0.2, 0) is 24.2 Å². The van der Waals surface area contributed by atoms with Crippen LogP contribution < -0.4 is 14.4 Å². The highest BCUT2D eigenvalue weighted by Gasteiger charge is 2.31. The van der Waals surface area contributed by atoms with Gasteiger partial charge in [-0.25, -0.2) is 14.8 Å². The van der Waals surface area contributed by atoms with Gasteiger partial charge in [-0.15, -0.1) is 13.2 Å². The molecule has 0 fully saturated rings. The second-order valence-electron chi connectivity index (χ2n) is 9.13. The Labute approximate surface area is 213 Å². The molecule has 0 radical (unpaired) electrons. The highest BCUT2D eigenvalue weighted by atomic mass is 19.4. The smallest absolute Gasteiger partial charge is 0.478 e. The van der Waals surface area contributed by atoms with Crippen LogP contribution in [0.1, 0.15) is 43.0 Å². The first-order chi connectivity index (χ1) is 17.4. The standard InChI is InChI=1S/C27H30F3N3O4/c1-5-19-15-31-25(32-16-19)33(17-21-6-9-22(10-7-21)36-27(28,29)30)13-12-20-8-11-23(18(2)14-20)37-26(3,4)24(34)35/h6-11,14-16H,5,12-13,17H2,1-4H3,(H,34,35). The zero-order chi connectivity index (χ0) is 27.2. The summed E-state index contributed by atoms with van der Waals surface area (Å²) < 4.78 is 47.1. The molecule has 3 rings (SSSR count). The van der Waals surface area contributed by atoms with Gasteiger partial charge in [0.25, 0.3) is 0 Å². The van der Waals surface area contributed by atoms with Crippen LogP contribution >= 0.6 is 0 Å². The van der Waals surface area contributed by atoms with Crippen molar-refractivity contribution in [1.29, 1.82) is 0 Å². The number of ether oxygens (including phenoxy) is 2. The Balaban J connectivity index is 1.76. The average Bonchev–Trinajstić information content (AvgIpc) is 2.83. The first kappa shape index (κ1) is 27.8. The molecule has 10 heteroatoms. The molecule has 198 valence electrons. The Kier molecular flexibility index (Phi) is 8.62. The summed E-state index contributed by atoms with van der Waals surface area (Å²) in [5, 5.41) is 9.32. The Hall–Kier alpha value is -3.82. The van der Waals surface area contributed by atoms with Crippen molar-refractivity contribution >= 4 is 11.9 Å². The van der Waals surface area contributed by atoms with Crippen LogP contribution in [0.4, 0.5) is 19.1 Å². The number of benzene rings is 2. The van der Waals surface area contributed by atoms with Gasteiger partial charge in [0, 0.05) is 25.5 Å². The number of carboxylic acids is 1. The average molecular weight is 518 g/mol. The Morgan fingerprint density at radius 2 is 1.59 bits per heavy atom. The van der Waals surface area contributed by atoms with E-state index < -0.39 is 17.9 Å². The van der Waals surface area contributed by atoms with Crippen LogP contribution in [-0.4, -0.2) is 39.6 Å². The SMILES string of the molecule is CCc1cnc(N(CCc2ccc(OC(C)(C)C(=O)O)c(C)c2)Cc2ccc(OC(F)(F)F)cc2)nc1. The third-order valence-electron chi connectivity index (χ3n) is 5.70. The molecular formula is C27H30F3N3O4. The summed E-state index contributed by atoms with van der Waals surface area (Å²) in [4.78, 5) is 22.3. The molecule has 0 spiro atoms. The predicted molar refractivity (Wildman–Crippen MR) is 133 cm³/mol. The van der Waals surface area contributed by atoms with Crippen LogP contribution in [0, 0.1) is 6.92 Å². The summed E-state index contributed by atoms with van der Waals surface area (Å²) >= 11 is 0. The second kappa shape index (κ2) is 11.5. The number of aliphatic carboxylic acids is 1. The van der Waals surface area contributed by atoms with E-state index in [2.05, 4.69) is 14.7 Å². The number of alkyl halides is 3. The third-order valence-corrected chi connectivity index (χ3v) is 5.70. The molecule has 0 aliphatic rings. The first-order valence-electron chi connectivity index (χ1n) is 11.8. The number of hydrogen-bond acceptors (Lipinski definition) is 6. The van der Waals surface area contributed by atoms with Crippen LogP contribution in [0.25, 0.3) is 0 Å². The summed E-state index contributed by atoms with van der Waals surface area (Å²) in [5.41, 5.74) is 2.22. The van der Waals surface area contributed by atoms with Gasteiger partial charge in [0.1, 0.15) is 11.5 Å². The van der Waals surface area contributed by atoms with E-state index in [1.807, 2.05) is 30.9 Å². The summed E-state index contributed by atoms with van der Waals surface area (Å²) in [6.45, 7) is 7.76. The van der Waals surface area contributed by atoms with Crippen molar-refractivity contribution in [2.24, 2.45) is 0 Å². The lowest BCUT2D eigenvalue weighted by Gasteiger charge is -2.24. The topological polar surface area (TPSA) is 84.8 Å². The lowest BCUT2D eigenvalue weighted by Crippen LogP contribution is -2.38. The molecule has 2 aromatic carbocycles. The number of aryl methyl sites for hydroxylation is 2. The monoisotopic (exact) mass is 517 g/mol. The molecule has 1 N–H and O–H groups in total. The molecule has 1 aromatic heterocycles. The molecule has 0 bridgehead atoms. The van der Waals surface area contributed by atoms with E-state index in [1.165, 1.54) is 26.0 Å². The van der Waals surface area contributed by atoms with E-state index in [0.29, 0.717) is 31.2 Å². The highest BCUT2D eigenvalue weighted by molar-refractivity contribution is 5.76. The van der Waals surface area contributed by atoms with Crippen LogP contribution in [0.2, 0.25) is 0 Å². The van der Waals surface area contributed by atoms with Gasteiger partial charge in [-0.2, -0.15) is 0 Å². The molecule has 1 heterocycles.